The Hall–Kier alpha value is -3.04. The number of rotatable bonds is 3. The molecule has 0 fully saturated rings. The van der Waals surface area contributed by atoms with Crippen LogP contribution in [0.25, 0.3) is 21.6 Å². The number of thiazole rings is 1. The Morgan fingerprint density at radius 3 is 2.68 bits per heavy atom. The number of hydrogen-bond acceptors (Lipinski definition) is 6. The predicted molar refractivity (Wildman–Crippen MR) is 120 cm³/mol. The average molecular weight is 453 g/mol. The van der Waals surface area contributed by atoms with Gasteiger partial charge >= 0.3 is 0 Å². The molecule has 0 saturated carbocycles. The molecule has 1 aliphatic rings. The Balaban J connectivity index is 1.64. The minimum absolute atomic E-state index is 0.0904. The normalized spacial score (nSPS) is 16.0. The molecular formula is C22H20N4O3S2. The predicted octanol–water partition coefficient (Wildman–Crippen LogP) is 3.71. The quantitative estimate of drug-likeness (QED) is 0.511. The van der Waals surface area contributed by atoms with Crippen molar-refractivity contribution in [3.63, 3.8) is 0 Å². The van der Waals surface area contributed by atoms with Gasteiger partial charge in [-0.15, -0.1) is 11.3 Å². The molecule has 3 aromatic heterocycles. The highest BCUT2D eigenvalue weighted by Crippen LogP contribution is 2.37. The highest BCUT2D eigenvalue weighted by molar-refractivity contribution is 7.90. The van der Waals surface area contributed by atoms with Crippen molar-refractivity contribution in [1.29, 1.82) is 0 Å². The SMILES string of the molecule is CC1(C)CNC(=O)c2sc(-c3ccnc4c3ccn4S(=O)(=O)c3ccccc3)nc2C1. The Morgan fingerprint density at radius 1 is 1.13 bits per heavy atom. The van der Waals surface area contributed by atoms with Crippen LogP contribution in [0.3, 0.4) is 0 Å². The molecule has 5 rings (SSSR count). The molecule has 31 heavy (non-hydrogen) atoms. The van der Waals surface area contributed by atoms with E-state index in [9.17, 15) is 13.2 Å². The van der Waals surface area contributed by atoms with Gasteiger partial charge in [-0.1, -0.05) is 32.0 Å². The van der Waals surface area contributed by atoms with Crippen molar-refractivity contribution in [2.24, 2.45) is 5.41 Å². The van der Waals surface area contributed by atoms with Gasteiger partial charge in [0.1, 0.15) is 9.88 Å². The zero-order valence-electron chi connectivity index (χ0n) is 17.0. The van der Waals surface area contributed by atoms with E-state index in [-0.39, 0.29) is 16.2 Å². The number of fused-ring (bicyclic) bond motifs is 2. The average Bonchev–Trinajstić information content (AvgIpc) is 3.34. The summed E-state index contributed by atoms with van der Waals surface area (Å²) in [5.74, 6) is -0.112. The molecule has 0 spiro atoms. The maximum atomic E-state index is 13.1. The summed E-state index contributed by atoms with van der Waals surface area (Å²) < 4.78 is 27.4. The lowest BCUT2D eigenvalue weighted by atomic mass is 9.88. The molecule has 0 aliphatic carbocycles. The van der Waals surface area contributed by atoms with Crippen LogP contribution in [0.5, 0.6) is 0 Å². The number of hydrogen-bond donors (Lipinski definition) is 1. The van der Waals surface area contributed by atoms with E-state index in [0.717, 1.165) is 11.3 Å². The van der Waals surface area contributed by atoms with Gasteiger partial charge in [0.05, 0.1) is 10.6 Å². The van der Waals surface area contributed by atoms with Crippen LogP contribution in [-0.2, 0) is 16.4 Å². The van der Waals surface area contributed by atoms with E-state index in [2.05, 4.69) is 24.1 Å². The first kappa shape index (κ1) is 19.9. The Morgan fingerprint density at radius 2 is 1.90 bits per heavy atom. The number of benzene rings is 1. The molecular weight excluding hydrogens is 432 g/mol. The molecule has 1 aliphatic heterocycles. The zero-order chi connectivity index (χ0) is 21.8. The fourth-order valence-electron chi connectivity index (χ4n) is 3.78. The van der Waals surface area contributed by atoms with Gasteiger partial charge in [-0.05, 0) is 36.1 Å². The fraction of sp³-hybridized carbons (Fsp3) is 0.227. The lowest BCUT2D eigenvalue weighted by molar-refractivity contribution is 0.0948. The van der Waals surface area contributed by atoms with Gasteiger partial charge in [-0.2, -0.15) is 0 Å². The number of nitrogens with one attached hydrogen (secondary N) is 1. The summed E-state index contributed by atoms with van der Waals surface area (Å²) >= 11 is 1.33. The van der Waals surface area contributed by atoms with Crippen molar-refractivity contribution >= 4 is 38.3 Å². The number of carbonyl (C=O) groups excluding carboxylic acids is 1. The van der Waals surface area contributed by atoms with Gasteiger partial charge in [0.2, 0.25) is 0 Å². The molecule has 0 radical (unpaired) electrons. The van der Waals surface area contributed by atoms with Crippen LogP contribution in [-0.4, -0.2) is 34.8 Å². The summed E-state index contributed by atoms with van der Waals surface area (Å²) in [5.41, 5.74) is 1.78. The van der Waals surface area contributed by atoms with Gasteiger partial charge in [-0.3, -0.25) is 4.79 Å². The van der Waals surface area contributed by atoms with Gasteiger partial charge in [-0.25, -0.2) is 22.4 Å². The minimum atomic E-state index is -3.78. The molecule has 158 valence electrons. The Bertz CT molecular complexity index is 1420. The van der Waals surface area contributed by atoms with Crippen molar-refractivity contribution in [1.82, 2.24) is 19.3 Å². The lowest BCUT2D eigenvalue weighted by Crippen LogP contribution is -2.31. The molecule has 1 N–H and O–H groups in total. The van der Waals surface area contributed by atoms with Gasteiger partial charge in [0.15, 0.2) is 5.65 Å². The van der Waals surface area contributed by atoms with Crippen molar-refractivity contribution in [2.45, 2.75) is 25.2 Å². The third kappa shape index (κ3) is 3.34. The topological polar surface area (TPSA) is 94.0 Å². The molecule has 1 amide bonds. The van der Waals surface area contributed by atoms with Crippen LogP contribution in [0, 0.1) is 5.41 Å². The van der Waals surface area contributed by atoms with Crippen molar-refractivity contribution < 1.29 is 13.2 Å². The van der Waals surface area contributed by atoms with E-state index in [1.165, 1.54) is 21.5 Å². The summed E-state index contributed by atoms with van der Waals surface area (Å²) in [6.07, 6.45) is 3.78. The smallest absolute Gasteiger partial charge is 0.269 e. The zero-order valence-corrected chi connectivity index (χ0v) is 18.6. The van der Waals surface area contributed by atoms with Gasteiger partial charge in [0, 0.05) is 29.9 Å². The summed E-state index contributed by atoms with van der Waals surface area (Å²) in [6, 6.07) is 11.8. The number of pyridine rings is 1. The van der Waals surface area contributed by atoms with E-state index < -0.39 is 10.0 Å². The molecule has 0 atom stereocenters. The van der Waals surface area contributed by atoms with E-state index >= 15 is 0 Å². The number of amides is 1. The lowest BCUT2D eigenvalue weighted by Gasteiger charge is -2.21. The number of nitrogens with zero attached hydrogens (tertiary/aromatic N) is 3. The largest absolute Gasteiger partial charge is 0.351 e. The molecule has 0 saturated heterocycles. The van der Waals surface area contributed by atoms with Crippen molar-refractivity contribution in [3.05, 3.63) is 65.4 Å². The van der Waals surface area contributed by atoms with E-state index in [4.69, 9.17) is 4.98 Å². The molecule has 4 heterocycles. The Labute approximate surface area is 183 Å². The first-order chi connectivity index (χ1) is 14.8. The van der Waals surface area contributed by atoms with Gasteiger partial charge < -0.3 is 5.32 Å². The number of aromatic nitrogens is 3. The molecule has 4 aromatic rings. The summed E-state index contributed by atoms with van der Waals surface area (Å²) in [7, 11) is -3.78. The van der Waals surface area contributed by atoms with E-state index in [0.29, 0.717) is 33.9 Å². The van der Waals surface area contributed by atoms with Crippen LogP contribution in [0.15, 0.2) is 59.8 Å². The van der Waals surface area contributed by atoms with Crippen LogP contribution < -0.4 is 5.32 Å². The maximum absolute atomic E-state index is 13.1. The minimum Gasteiger partial charge on any atom is -0.351 e. The second-order valence-corrected chi connectivity index (χ2v) is 11.2. The summed E-state index contributed by atoms with van der Waals surface area (Å²) in [4.78, 5) is 22.5. The molecule has 1 aromatic carbocycles. The third-order valence-corrected chi connectivity index (χ3v) is 8.17. The van der Waals surface area contributed by atoms with Gasteiger partial charge in [0.25, 0.3) is 15.9 Å². The summed E-state index contributed by atoms with van der Waals surface area (Å²) in [5, 5.41) is 4.32. The first-order valence-corrected chi connectivity index (χ1v) is 12.1. The monoisotopic (exact) mass is 452 g/mol. The number of carbonyl (C=O) groups is 1. The fourth-order valence-corrected chi connectivity index (χ4v) is 6.14. The summed E-state index contributed by atoms with van der Waals surface area (Å²) in [6.45, 7) is 4.80. The molecule has 9 heteroatoms. The van der Waals surface area contributed by atoms with E-state index in [1.807, 2.05) is 6.07 Å². The van der Waals surface area contributed by atoms with Crippen LogP contribution >= 0.6 is 11.3 Å². The van der Waals surface area contributed by atoms with Crippen molar-refractivity contribution in [3.8, 4) is 10.6 Å². The van der Waals surface area contributed by atoms with Crippen LogP contribution in [0.1, 0.15) is 29.2 Å². The highest BCUT2D eigenvalue weighted by Gasteiger charge is 2.31. The standard InChI is InChI=1S/C22H20N4O3S2/c1-22(2)12-17-18(20(27)24-13-22)30-21(25-17)16-8-10-23-19-15(16)9-11-26(19)31(28,29)14-6-4-3-5-7-14/h3-11H,12-13H2,1-2H3,(H,24,27). The molecule has 0 bridgehead atoms. The van der Waals surface area contributed by atoms with Crippen LogP contribution in [0.2, 0.25) is 0 Å². The molecule has 7 nitrogen and oxygen atoms in total. The molecule has 0 unspecified atom stereocenters. The van der Waals surface area contributed by atoms with E-state index in [1.54, 1.807) is 42.6 Å². The second-order valence-electron chi connectivity index (χ2n) is 8.34. The van der Waals surface area contributed by atoms with Crippen LogP contribution in [0.4, 0.5) is 0 Å². The third-order valence-electron chi connectivity index (χ3n) is 5.36. The highest BCUT2D eigenvalue weighted by atomic mass is 32.2. The maximum Gasteiger partial charge on any atom is 0.269 e. The Kier molecular flexibility index (Phi) is 4.49. The van der Waals surface area contributed by atoms with Crippen molar-refractivity contribution in [2.75, 3.05) is 6.54 Å². The first-order valence-electron chi connectivity index (χ1n) is 9.81. The second kappa shape index (κ2) is 7.00.